The van der Waals surface area contributed by atoms with E-state index in [2.05, 4.69) is 39.8 Å². The zero-order valence-electron chi connectivity index (χ0n) is 9.28. The minimum absolute atomic E-state index is 0.468. The van der Waals surface area contributed by atoms with Gasteiger partial charge in [-0.2, -0.15) is 0 Å². The van der Waals surface area contributed by atoms with Crippen molar-refractivity contribution >= 4 is 0 Å². The molecule has 1 rings (SSSR count). The molecule has 0 aliphatic heterocycles. The average Bonchev–Trinajstić information content (AvgIpc) is 1.96. The Morgan fingerprint density at radius 2 is 1.25 bits per heavy atom. The highest BCUT2D eigenvalue weighted by Crippen LogP contribution is 2.41. The van der Waals surface area contributed by atoms with E-state index in [1.54, 1.807) is 0 Å². The molecule has 1 aliphatic rings. The first-order chi connectivity index (χ1) is 5.36. The van der Waals surface area contributed by atoms with E-state index in [0.717, 1.165) is 0 Å². The summed E-state index contributed by atoms with van der Waals surface area (Å²) >= 11 is 0. The second-order valence-corrected chi connectivity index (χ2v) is 5.56. The van der Waals surface area contributed by atoms with Crippen molar-refractivity contribution in [3.8, 4) is 0 Å². The Labute approximate surface area is 77.1 Å². The van der Waals surface area contributed by atoms with Gasteiger partial charge in [-0.05, 0) is 52.1 Å². The molecule has 0 spiro atoms. The van der Waals surface area contributed by atoms with Gasteiger partial charge in [-0.25, -0.2) is 0 Å². The molecule has 0 bridgehead atoms. The van der Waals surface area contributed by atoms with Crippen LogP contribution in [0.2, 0.25) is 0 Å². The van der Waals surface area contributed by atoms with E-state index < -0.39 is 0 Å². The molecular weight excluding hydrogens is 146 g/mol. The lowest BCUT2D eigenvalue weighted by molar-refractivity contribution is 0.0679. The van der Waals surface area contributed by atoms with Crippen molar-refractivity contribution in [2.45, 2.75) is 52.0 Å². The predicted octanol–water partition coefficient (Wildman–Crippen LogP) is 2.91. The molecule has 1 heteroatoms. The molecule has 0 amide bonds. The van der Waals surface area contributed by atoms with Crippen molar-refractivity contribution < 1.29 is 0 Å². The highest BCUT2D eigenvalue weighted by Gasteiger charge is 2.35. The predicted molar refractivity (Wildman–Crippen MR) is 54.3 cm³/mol. The van der Waals surface area contributed by atoms with Gasteiger partial charge in [-0.15, -0.1) is 0 Å². The van der Waals surface area contributed by atoms with Crippen molar-refractivity contribution in [2.24, 2.45) is 5.41 Å². The van der Waals surface area contributed by atoms with Crippen LogP contribution in [0.15, 0.2) is 0 Å². The lowest BCUT2D eigenvalue weighted by Gasteiger charge is -2.45. The summed E-state index contributed by atoms with van der Waals surface area (Å²) in [5, 5.41) is 0. The van der Waals surface area contributed by atoms with Crippen LogP contribution >= 0.6 is 0 Å². The normalized spacial score (nSPS) is 27.5. The van der Waals surface area contributed by atoms with Crippen LogP contribution in [0, 0.1) is 5.41 Å². The highest BCUT2D eigenvalue weighted by molar-refractivity contribution is 4.91. The van der Waals surface area contributed by atoms with Gasteiger partial charge in [0, 0.05) is 5.54 Å². The molecule has 0 aromatic carbocycles. The van der Waals surface area contributed by atoms with E-state index in [1.807, 2.05) is 0 Å². The Balaban J connectivity index is 2.55. The second-order valence-electron chi connectivity index (χ2n) is 5.56. The number of hydrogen-bond donors (Lipinski definition) is 0. The van der Waals surface area contributed by atoms with Crippen molar-refractivity contribution in [2.75, 3.05) is 14.1 Å². The van der Waals surface area contributed by atoms with Crippen molar-refractivity contribution in [1.29, 1.82) is 0 Å². The quantitative estimate of drug-likeness (QED) is 0.583. The van der Waals surface area contributed by atoms with Crippen molar-refractivity contribution in [3.63, 3.8) is 0 Å². The molecule has 1 nitrogen and oxygen atoms in total. The second kappa shape index (κ2) is 3.02. The van der Waals surface area contributed by atoms with Crippen LogP contribution in [0.3, 0.4) is 0 Å². The molecule has 0 atom stereocenters. The Hall–Kier alpha value is -0.0400. The molecule has 0 unspecified atom stereocenters. The fourth-order valence-corrected chi connectivity index (χ4v) is 1.91. The molecule has 0 heterocycles. The lowest BCUT2D eigenvalue weighted by atomic mass is 9.70. The van der Waals surface area contributed by atoms with E-state index >= 15 is 0 Å². The summed E-state index contributed by atoms with van der Waals surface area (Å²) < 4.78 is 0. The SMILES string of the molecule is CN(C)C1(C)CCC(C)(C)CC1. The zero-order chi connectivity index (χ0) is 9.41. The Morgan fingerprint density at radius 1 is 0.833 bits per heavy atom. The first kappa shape index (κ1) is 10.0. The van der Waals surface area contributed by atoms with Gasteiger partial charge in [0.2, 0.25) is 0 Å². The third kappa shape index (κ3) is 2.01. The fraction of sp³-hybridized carbons (Fsp3) is 1.00. The first-order valence-corrected chi connectivity index (χ1v) is 5.03. The van der Waals surface area contributed by atoms with Gasteiger partial charge in [-0.3, -0.25) is 0 Å². The van der Waals surface area contributed by atoms with Crippen molar-refractivity contribution in [1.82, 2.24) is 4.90 Å². The summed E-state index contributed by atoms with van der Waals surface area (Å²) in [6, 6.07) is 0. The topological polar surface area (TPSA) is 3.24 Å². The maximum Gasteiger partial charge on any atom is 0.0175 e. The molecule has 0 N–H and O–H groups in total. The number of nitrogens with zero attached hydrogens (tertiary/aromatic N) is 1. The van der Waals surface area contributed by atoms with Gasteiger partial charge >= 0.3 is 0 Å². The molecular formula is C11H23N. The van der Waals surface area contributed by atoms with E-state index in [1.165, 1.54) is 25.7 Å². The summed E-state index contributed by atoms with van der Waals surface area (Å²) in [4.78, 5) is 2.39. The first-order valence-electron chi connectivity index (χ1n) is 5.03. The molecule has 0 saturated heterocycles. The largest absolute Gasteiger partial charge is 0.304 e. The molecule has 0 aromatic heterocycles. The van der Waals surface area contributed by atoms with Gasteiger partial charge in [0.1, 0.15) is 0 Å². The van der Waals surface area contributed by atoms with E-state index in [-0.39, 0.29) is 0 Å². The van der Waals surface area contributed by atoms with Crippen LogP contribution in [0.1, 0.15) is 46.5 Å². The van der Waals surface area contributed by atoms with Gasteiger partial charge in [-0.1, -0.05) is 13.8 Å². The number of hydrogen-bond acceptors (Lipinski definition) is 1. The lowest BCUT2D eigenvalue weighted by Crippen LogP contribution is -2.45. The van der Waals surface area contributed by atoms with Crippen LogP contribution in [-0.4, -0.2) is 24.5 Å². The molecule has 12 heavy (non-hydrogen) atoms. The highest BCUT2D eigenvalue weighted by atomic mass is 15.1. The molecule has 72 valence electrons. The van der Waals surface area contributed by atoms with E-state index in [9.17, 15) is 0 Å². The Bertz CT molecular complexity index is 148. The smallest absolute Gasteiger partial charge is 0.0175 e. The Morgan fingerprint density at radius 3 is 1.58 bits per heavy atom. The summed E-state index contributed by atoms with van der Waals surface area (Å²) in [6.07, 6.45) is 5.46. The number of rotatable bonds is 1. The summed E-state index contributed by atoms with van der Waals surface area (Å²) in [6.45, 7) is 7.17. The van der Waals surface area contributed by atoms with Crippen LogP contribution in [0.5, 0.6) is 0 Å². The summed E-state index contributed by atoms with van der Waals surface area (Å²) in [7, 11) is 4.41. The maximum absolute atomic E-state index is 2.39. The van der Waals surface area contributed by atoms with Crippen LogP contribution in [0.4, 0.5) is 0 Å². The minimum atomic E-state index is 0.468. The van der Waals surface area contributed by atoms with Crippen molar-refractivity contribution in [3.05, 3.63) is 0 Å². The van der Waals surface area contributed by atoms with Crippen LogP contribution in [-0.2, 0) is 0 Å². The van der Waals surface area contributed by atoms with Crippen LogP contribution < -0.4 is 0 Å². The Kier molecular flexibility index (Phi) is 2.53. The van der Waals surface area contributed by atoms with Gasteiger partial charge in [0.25, 0.3) is 0 Å². The van der Waals surface area contributed by atoms with E-state index in [4.69, 9.17) is 0 Å². The van der Waals surface area contributed by atoms with E-state index in [0.29, 0.717) is 11.0 Å². The standard InChI is InChI=1S/C11H23N/c1-10(2)6-8-11(3,9-7-10)12(4)5/h6-9H2,1-5H3. The zero-order valence-corrected chi connectivity index (χ0v) is 9.28. The minimum Gasteiger partial charge on any atom is -0.304 e. The molecule has 1 fully saturated rings. The van der Waals surface area contributed by atoms with Gasteiger partial charge < -0.3 is 4.90 Å². The van der Waals surface area contributed by atoms with Gasteiger partial charge in [0.15, 0.2) is 0 Å². The monoisotopic (exact) mass is 169 g/mol. The maximum atomic E-state index is 2.39. The van der Waals surface area contributed by atoms with Gasteiger partial charge in [0.05, 0.1) is 0 Å². The summed E-state index contributed by atoms with van der Waals surface area (Å²) in [5.41, 5.74) is 1.06. The molecule has 0 aromatic rings. The third-order valence-electron chi connectivity index (χ3n) is 3.76. The van der Waals surface area contributed by atoms with Crippen LogP contribution in [0.25, 0.3) is 0 Å². The third-order valence-corrected chi connectivity index (χ3v) is 3.76. The molecule has 1 saturated carbocycles. The summed E-state index contributed by atoms with van der Waals surface area (Å²) in [5.74, 6) is 0. The average molecular weight is 169 g/mol. The molecule has 1 aliphatic carbocycles. The molecule has 0 radical (unpaired) electrons. The fourth-order valence-electron chi connectivity index (χ4n) is 1.91.